The molecule has 0 fully saturated rings. The minimum atomic E-state index is -0.367. The van der Waals surface area contributed by atoms with Crippen LogP contribution in [0.1, 0.15) is 73.2 Å². The van der Waals surface area contributed by atoms with Crippen LogP contribution in [-0.2, 0) is 41.4 Å². The van der Waals surface area contributed by atoms with Gasteiger partial charge in [0.2, 0.25) is 5.91 Å². The molecule has 1 unspecified atom stereocenters. The molecule has 1 atom stereocenters. The zero-order valence-electron chi connectivity index (χ0n) is 22.9. The summed E-state index contributed by atoms with van der Waals surface area (Å²) in [5, 5.41) is 12.6. The molecule has 0 saturated carbocycles. The molecule has 8 nitrogen and oxygen atoms in total. The molecule has 0 spiro atoms. The molecule has 0 bridgehead atoms. The highest BCUT2D eigenvalue weighted by Crippen LogP contribution is 2.40. The van der Waals surface area contributed by atoms with Gasteiger partial charge in [0.1, 0.15) is 17.4 Å². The van der Waals surface area contributed by atoms with Gasteiger partial charge in [0.25, 0.3) is 0 Å². The maximum absolute atomic E-state index is 12.9. The quantitative estimate of drug-likeness (QED) is 0.263. The number of anilines is 1. The van der Waals surface area contributed by atoms with Gasteiger partial charge in [0, 0.05) is 11.9 Å². The lowest BCUT2D eigenvalue weighted by molar-refractivity contribution is -0.113. The second-order valence-corrected chi connectivity index (χ2v) is 12.7. The first kappa shape index (κ1) is 28.2. The van der Waals surface area contributed by atoms with Crippen molar-refractivity contribution in [2.45, 2.75) is 71.1 Å². The van der Waals surface area contributed by atoms with Crippen molar-refractivity contribution < 1.29 is 19.1 Å². The van der Waals surface area contributed by atoms with Gasteiger partial charge in [-0.15, -0.1) is 21.5 Å². The monoisotopic (exact) mass is 556 g/mol. The van der Waals surface area contributed by atoms with E-state index in [1.54, 1.807) is 6.92 Å². The van der Waals surface area contributed by atoms with Crippen molar-refractivity contribution in [3.8, 4) is 5.75 Å². The lowest BCUT2D eigenvalue weighted by Gasteiger charge is -2.19. The number of rotatable bonds is 9. The summed E-state index contributed by atoms with van der Waals surface area (Å²) in [4.78, 5) is 26.7. The topological polar surface area (TPSA) is 95.3 Å². The summed E-state index contributed by atoms with van der Waals surface area (Å²) in [5.74, 6) is 1.56. The van der Waals surface area contributed by atoms with E-state index in [0.717, 1.165) is 30.6 Å². The number of thiophene rings is 1. The van der Waals surface area contributed by atoms with Crippen molar-refractivity contribution in [3.63, 3.8) is 0 Å². The van der Waals surface area contributed by atoms with Crippen molar-refractivity contribution in [1.29, 1.82) is 0 Å². The number of hydrogen-bond donors (Lipinski definition) is 1. The minimum Gasteiger partial charge on any atom is -0.486 e. The summed E-state index contributed by atoms with van der Waals surface area (Å²) in [6.07, 6.45) is 2.78. The Morgan fingerprint density at radius 3 is 2.63 bits per heavy atom. The third kappa shape index (κ3) is 6.58. The number of nitrogens with one attached hydrogen (secondary N) is 1. The van der Waals surface area contributed by atoms with E-state index >= 15 is 0 Å². The van der Waals surface area contributed by atoms with E-state index in [9.17, 15) is 9.59 Å². The van der Waals surface area contributed by atoms with Crippen LogP contribution >= 0.6 is 23.1 Å². The van der Waals surface area contributed by atoms with Gasteiger partial charge >= 0.3 is 5.97 Å². The molecule has 0 radical (unpaired) electrons. The molecule has 3 aromatic rings. The van der Waals surface area contributed by atoms with Crippen molar-refractivity contribution in [1.82, 2.24) is 14.8 Å². The van der Waals surface area contributed by atoms with Gasteiger partial charge in [0.15, 0.2) is 11.0 Å². The summed E-state index contributed by atoms with van der Waals surface area (Å²) >= 11 is 2.78. The average Bonchev–Trinajstić information content (AvgIpc) is 3.40. The standard InChI is InChI=1S/C28H36N4O4S2/c1-7-35-26(34)24-20-13-8-17(2)14-21(20)38-25(24)29-23(33)16-37-27-31-30-22(32(27)6)15-36-19-11-9-18(10-12-19)28(3,4)5/h9-12,17H,7-8,13-16H2,1-6H3,(H,29,33). The van der Waals surface area contributed by atoms with Gasteiger partial charge in [-0.2, -0.15) is 0 Å². The highest BCUT2D eigenvalue weighted by molar-refractivity contribution is 7.99. The number of ether oxygens (including phenoxy) is 2. The number of carbonyl (C=O) groups is 2. The van der Waals surface area contributed by atoms with E-state index in [0.29, 0.717) is 34.1 Å². The molecule has 1 aliphatic rings. The highest BCUT2D eigenvalue weighted by atomic mass is 32.2. The highest BCUT2D eigenvalue weighted by Gasteiger charge is 2.29. The summed E-state index contributed by atoms with van der Waals surface area (Å²) in [7, 11) is 1.86. The molecule has 38 heavy (non-hydrogen) atoms. The first-order valence-electron chi connectivity index (χ1n) is 12.9. The van der Waals surface area contributed by atoms with E-state index in [2.05, 4.69) is 55.3 Å². The zero-order chi connectivity index (χ0) is 27.4. The Balaban J connectivity index is 1.36. The van der Waals surface area contributed by atoms with Gasteiger partial charge in [-0.3, -0.25) is 4.79 Å². The van der Waals surface area contributed by atoms with Gasteiger partial charge in [-0.05, 0) is 60.8 Å². The number of thioether (sulfide) groups is 1. The fourth-order valence-electron chi connectivity index (χ4n) is 4.35. The van der Waals surface area contributed by atoms with Gasteiger partial charge in [-0.1, -0.05) is 51.6 Å². The number of hydrogen-bond acceptors (Lipinski definition) is 8. The SMILES string of the molecule is CCOC(=O)c1c(NC(=O)CSc2nnc(COc3ccc(C(C)(C)C)cc3)n2C)sc2c1CCC(C)C2. The molecule has 204 valence electrons. The third-order valence-corrected chi connectivity index (χ3v) is 8.78. The lowest BCUT2D eigenvalue weighted by atomic mass is 9.87. The Morgan fingerprint density at radius 1 is 1.21 bits per heavy atom. The summed E-state index contributed by atoms with van der Waals surface area (Å²) in [5.41, 5.74) is 2.88. The van der Waals surface area contributed by atoms with Crippen LogP contribution in [0, 0.1) is 5.92 Å². The Morgan fingerprint density at radius 2 is 1.95 bits per heavy atom. The number of carbonyl (C=O) groups excluding carboxylic acids is 2. The molecule has 2 aromatic heterocycles. The van der Waals surface area contributed by atoms with Crippen LogP contribution in [0.15, 0.2) is 29.4 Å². The summed E-state index contributed by atoms with van der Waals surface area (Å²) in [6, 6.07) is 8.07. The maximum Gasteiger partial charge on any atom is 0.341 e. The fourth-order valence-corrected chi connectivity index (χ4v) is 6.49. The Labute approximate surface area is 232 Å². The molecule has 1 aliphatic carbocycles. The maximum atomic E-state index is 12.9. The Bertz CT molecular complexity index is 1290. The molecular formula is C28H36N4O4S2. The van der Waals surface area contributed by atoms with E-state index in [4.69, 9.17) is 9.47 Å². The number of fused-ring (bicyclic) bond motifs is 1. The van der Waals surface area contributed by atoms with E-state index in [-0.39, 0.29) is 29.7 Å². The van der Waals surface area contributed by atoms with Crippen LogP contribution in [0.25, 0.3) is 0 Å². The normalized spacial score (nSPS) is 15.2. The molecule has 4 rings (SSSR count). The predicted molar refractivity (Wildman–Crippen MR) is 151 cm³/mol. The molecule has 1 amide bonds. The van der Waals surface area contributed by atoms with Crippen molar-refractivity contribution in [2.24, 2.45) is 13.0 Å². The summed E-state index contributed by atoms with van der Waals surface area (Å²) in [6.45, 7) is 11.1. The Kier molecular flexibility index (Phi) is 8.82. The van der Waals surface area contributed by atoms with Crippen molar-refractivity contribution in [2.75, 3.05) is 17.7 Å². The van der Waals surface area contributed by atoms with Crippen molar-refractivity contribution in [3.05, 3.63) is 51.7 Å². The lowest BCUT2D eigenvalue weighted by Crippen LogP contribution is -2.18. The number of amides is 1. The molecule has 10 heteroatoms. The largest absolute Gasteiger partial charge is 0.486 e. The molecule has 1 N–H and O–H groups in total. The van der Waals surface area contributed by atoms with Crippen molar-refractivity contribution >= 4 is 40.0 Å². The average molecular weight is 557 g/mol. The van der Waals surface area contributed by atoms with Crippen LogP contribution in [0.2, 0.25) is 0 Å². The number of nitrogens with zero attached hydrogens (tertiary/aromatic N) is 3. The van der Waals surface area contributed by atoms with Crippen LogP contribution in [-0.4, -0.2) is 39.0 Å². The Hall–Kier alpha value is -2.85. The second kappa shape index (κ2) is 11.9. The number of benzene rings is 1. The summed E-state index contributed by atoms with van der Waals surface area (Å²) < 4.78 is 13.0. The third-order valence-electron chi connectivity index (χ3n) is 6.59. The first-order chi connectivity index (χ1) is 18.1. The molecule has 2 heterocycles. The van der Waals surface area contributed by atoms with Crippen LogP contribution in [0.5, 0.6) is 5.75 Å². The smallest absolute Gasteiger partial charge is 0.341 e. The van der Waals surface area contributed by atoms with Gasteiger partial charge in [-0.25, -0.2) is 4.79 Å². The molecule has 0 aliphatic heterocycles. The van der Waals surface area contributed by atoms with Gasteiger partial charge in [0.05, 0.1) is 17.9 Å². The first-order valence-corrected chi connectivity index (χ1v) is 14.7. The minimum absolute atomic E-state index is 0.0857. The fraction of sp³-hybridized carbons (Fsp3) is 0.500. The number of aromatic nitrogens is 3. The van der Waals surface area contributed by atoms with Crippen LogP contribution < -0.4 is 10.1 Å². The molecular weight excluding hydrogens is 520 g/mol. The number of esters is 1. The van der Waals surface area contributed by atoms with E-state index < -0.39 is 0 Å². The van der Waals surface area contributed by atoms with Crippen LogP contribution in [0.3, 0.4) is 0 Å². The van der Waals surface area contributed by atoms with Crippen LogP contribution in [0.4, 0.5) is 5.00 Å². The van der Waals surface area contributed by atoms with E-state index in [1.165, 1.54) is 33.5 Å². The predicted octanol–water partition coefficient (Wildman–Crippen LogP) is 5.79. The molecule has 0 saturated heterocycles. The second-order valence-electron chi connectivity index (χ2n) is 10.6. The zero-order valence-corrected chi connectivity index (χ0v) is 24.6. The molecule has 1 aromatic carbocycles. The van der Waals surface area contributed by atoms with E-state index in [1.807, 2.05) is 23.7 Å². The van der Waals surface area contributed by atoms with Gasteiger partial charge < -0.3 is 19.4 Å².